The fourth-order valence-electron chi connectivity index (χ4n) is 2.28. The van der Waals surface area contributed by atoms with Crippen molar-refractivity contribution in [2.75, 3.05) is 0 Å². The molecule has 2 heterocycles. The predicted molar refractivity (Wildman–Crippen MR) is 72.8 cm³/mol. The Morgan fingerprint density at radius 1 is 0.526 bits per heavy atom. The minimum absolute atomic E-state index is 0.278. The average Bonchev–Trinajstić information content (AvgIpc) is 2.42. The van der Waals surface area contributed by atoms with Crippen molar-refractivity contribution in [1.82, 2.24) is 0 Å². The zero-order chi connectivity index (χ0) is 14.7. The van der Waals surface area contributed by atoms with Crippen LogP contribution in [-0.2, 0) is 18.9 Å². The molecule has 2 rings (SSSR count). The Morgan fingerprint density at radius 3 is 0.947 bits per heavy atom. The zero-order valence-electron chi connectivity index (χ0n) is 13.5. The zero-order valence-corrected chi connectivity index (χ0v) is 13.5. The third-order valence-electron chi connectivity index (χ3n) is 4.99. The van der Waals surface area contributed by atoms with Crippen molar-refractivity contribution in [2.24, 2.45) is 0 Å². The molecule has 2 fully saturated rings. The molecule has 0 amide bonds. The first-order valence-electron chi connectivity index (χ1n) is 7.08. The van der Waals surface area contributed by atoms with E-state index in [0.717, 1.165) is 0 Å². The molecule has 0 spiro atoms. The number of rotatable bonds is 2. The van der Waals surface area contributed by atoms with Gasteiger partial charge in [0.25, 0.3) is 0 Å². The minimum Gasteiger partial charge on any atom is -0.344 e. The molecule has 0 unspecified atom stereocenters. The molecule has 2 aliphatic rings. The maximum atomic E-state index is 5.98. The van der Waals surface area contributed by atoms with Crippen LogP contribution in [0.25, 0.3) is 0 Å². The van der Waals surface area contributed by atoms with Gasteiger partial charge in [-0.3, -0.25) is 0 Å². The van der Waals surface area contributed by atoms with Crippen molar-refractivity contribution in [3.05, 3.63) is 0 Å². The topological polar surface area (TPSA) is 36.9 Å². The maximum absolute atomic E-state index is 5.98. The number of hydrogen-bond donors (Lipinski definition) is 0. The molecule has 0 aromatic carbocycles. The van der Waals surface area contributed by atoms with Gasteiger partial charge in [-0.1, -0.05) is 0 Å². The number of hydrogen-bond acceptors (Lipinski definition) is 4. The van der Waals surface area contributed by atoms with Gasteiger partial charge in [0.15, 0.2) is 12.6 Å². The SMILES string of the molecule is CC1(C)OC(CC2OC(C)(C)C(C)(C)O2)OC1(C)C. The van der Waals surface area contributed by atoms with Gasteiger partial charge in [0, 0.05) is 6.42 Å². The van der Waals surface area contributed by atoms with Crippen LogP contribution < -0.4 is 0 Å². The second kappa shape index (κ2) is 4.17. The summed E-state index contributed by atoms with van der Waals surface area (Å²) >= 11 is 0. The van der Waals surface area contributed by atoms with Gasteiger partial charge in [0.05, 0.1) is 22.4 Å². The van der Waals surface area contributed by atoms with Crippen molar-refractivity contribution >= 4 is 0 Å². The van der Waals surface area contributed by atoms with Gasteiger partial charge in [-0.2, -0.15) is 0 Å². The van der Waals surface area contributed by atoms with Crippen LogP contribution in [0.5, 0.6) is 0 Å². The van der Waals surface area contributed by atoms with Crippen LogP contribution in [-0.4, -0.2) is 35.0 Å². The molecule has 0 saturated carbocycles. The Morgan fingerprint density at radius 2 is 0.737 bits per heavy atom. The summed E-state index contributed by atoms with van der Waals surface area (Å²) in [4.78, 5) is 0. The van der Waals surface area contributed by atoms with Crippen LogP contribution in [0.15, 0.2) is 0 Å². The molecule has 0 aromatic heterocycles. The van der Waals surface area contributed by atoms with Crippen LogP contribution in [0.4, 0.5) is 0 Å². The highest BCUT2D eigenvalue weighted by Crippen LogP contribution is 2.43. The van der Waals surface area contributed by atoms with E-state index in [1.807, 2.05) is 0 Å². The minimum atomic E-state index is -0.304. The molecule has 0 radical (unpaired) electrons. The van der Waals surface area contributed by atoms with Crippen molar-refractivity contribution in [2.45, 2.75) is 96.8 Å². The Labute approximate surface area is 116 Å². The molecular weight excluding hydrogens is 244 g/mol. The maximum Gasteiger partial charge on any atom is 0.164 e. The van der Waals surface area contributed by atoms with Crippen molar-refractivity contribution in [1.29, 1.82) is 0 Å². The highest BCUT2D eigenvalue weighted by molar-refractivity contribution is 4.97. The van der Waals surface area contributed by atoms with Gasteiger partial charge in [-0.05, 0) is 55.4 Å². The van der Waals surface area contributed by atoms with Gasteiger partial charge in [0.2, 0.25) is 0 Å². The molecule has 0 bridgehead atoms. The summed E-state index contributed by atoms with van der Waals surface area (Å²) in [6.07, 6.45) is 0.0408. The molecule has 2 saturated heterocycles. The summed E-state index contributed by atoms with van der Waals surface area (Å²) in [7, 11) is 0. The lowest BCUT2D eigenvalue weighted by Crippen LogP contribution is -2.41. The fourth-order valence-corrected chi connectivity index (χ4v) is 2.28. The molecule has 0 aromatic rings. The van der Waals surface area contributed by atoms with Crippen LogP contribution >= 0.6 is 0 Å². The lowest BCUT2D eigenvalue weighted by Gasteiger charge is -2.30. The molecule has 0 aliphatic carbocycles. The Bertz CT molecular complexity index is 291. The van der Waals surface area contributed by atoms with Crippen molar-refractivity contribution in [3.63, 3.8) is 0 Å². The summed E-state index contributed by atoms with van der Waals surface area (Å²) in [5, 5.41) is 0. The Hall–Kier alpha value is -0.160. The third-order valence-corrected chi connectivity index (χ3v) is 4.99. The van der Waals surface area contributed by atoms with Crippen molar-refractivity contribution < 1.29 is 18.9 Å². The molecular formula is C15H28O4. The van der Waals surface area contributed by atoms with E-state index in [9.17, 15) is 0 Å². The summed E-state index contributed by atoms with van der Waals surface area (Å²) < 4.78 is 23.9. The van der Waals surface area contributed by atoms with E-state index in [1.165, 1.54) is 0 Å². The normalized spacial score (nSPS) is 32.8. The highest BCUT2D eigenvalue weighted by atomic mass is 16.8. The van der Waals surface area contributed by atoms with E-state index in [4.69, 9.17) is 18.9 Å². The van der Waals surface area contributed by atoms with Gasteiger partial charge in [0.1, 0.15) is 0 Å². The number of ether oxygens (including phenoxy) is 4. The van der Waals surface area contributed by atoms with E-state index in [2.05, 4.69) is 55.4 Å². The van der Waals surface area contributed by atoms with Gasteiger partial charge in [-0.25, -0.2) is 0 Å². The van der Waals surface area contributed by atoms with Crippen LogP contribution in [0.3, 0.4) is 0 Å². The Balaban J connectivity index is 1.99. The molecule has 0 N–H and O–H groups in total. The Kier molecular flexibility index (Phi) is 3.34. The summed E-state index contributed by atoms with van der Waals surface area (Å²) in [5.74, 6) is 0. The van der Waals surface area contributed by atoms with Crippen LogP contribution in [0.2, 0.25) is 0 Å². The summed E-state index contributed by atoms with van der Waals surface area (Å²) in [6, 6.07) is 0. The summed E-state index contributed by atoms with van der Waals surface area (Å²) in [5.41, 5.74) is -1.22. The quantitative estimate of drug-likeness (QED) is 0.773. The second-order valence-corrected chi connectivity index (χ2v) is 7.61. The highest BCUT2D eigenvalue weighted by Gasteiger charge is 2.53. The molecule has 19 heavy (non-hydrogen) atoms. The lowest BCUT2D eigenvalue weighted by molar-refractivity contribution is -0.163. The fraction of sp³-hybridized carbons (Fsp3) is 1.00. The predicted octanol–water partition coefficient (Wildman–Crippen LogP) is 3.24. The third kappa shape index (κ3) is 2.56. The molecule has 0 atom stereocenters. The van der Waals surface area contributed by atoms with E-state index in [1.54, 1.807) is 0 Å². The first-order valence-corrected chi connectivity index (χ1v) is 7.08. The van der Waals surface area contributed by atoms with Crippen molar-refractivity contribution in [3.8, 4) is 0 Å². The van der Waals surface area contributed by atoms with Crippen LogP contribution in [0.1, 0.15) is 61.8 Å². The van der Waals surface area contributed by atoms with E-state index in [-0.39, 0.29) is 35.0 Å². The van der Waals surface area contributed by atoms with Crippen LogP contribution in [0, 0.1) is 0 Å². The van der Waals surface area contributed by atoms with E-state index >= 15 is 0 Å². The van der Waals surface area contributed by atoms with Gasteiger partial charge >= 0.3 is 0 Å². The van der Waals surface area contributed by atoms with E-state index < -0.39 is 0 Å². The lowest BCUT2D eigenvalue weighted by atomic mass is 9.90. The second-order valence-electron chi connectivity index (χ2n) is 7.61. The standard InChI is InChI=1S/C15H28O4/c1-12(2)13(3,4)17-10(16-12)9-11-18-14(5,6)15(7,8)19-11/h10-11H,9H2,1-8H3. The van der Waals surface area contributed by atoms with E-state index in [0.29, 0.717) is 6.42 Å². The van der Waals surface area contributed by atoms with Gasteiger partial charge in [-0.15, -0.1) is 0 Å². The summed E-state index contributed by atoms with van der Waals surface area (Å²) in [6.45, 7) is 16.4. The molecule has 112 valence electrons. The molecule has 4 nitrogen and oxygen atoms in total. The first kappa shape index (κ1) is 15.2. The average molecular weight is 272 g/mol. The monoisotopic (exact) mass is 272 g/mol. The molecule has 4 heteroatoms. The largest absolute Gasteiger partial charge is 0.344 e. The molecule has 2 aliphatic heterocycles. The smallest absolute Gasteiger partial charge is 0.164 e. The van der Waals surface area contributed by atoms with Gasteiger partial charge < -0.3 is 18.9 Å². The first-order chi connectivity index (χ1) is 8.36.